The van der Waals surface area contributed by atoms with Gasteiger partial charge in [-0.3, -0.25) is 8.74 Å². The first-order chi connectivity index (χ1) is 6.09. The van der Waals surface area contributed by atoms with Crippen LogP contribution in [-0.4, -0.2) is 13.7 Å². The Morgan fingerprint density at radius 3 is 2.85 bits per heavy atom. The normalized spacial score (nSPS) is 15.3. The molecule has 6 heteroatoms. The highest BCUT2D eigenvalue weighted by atomic mass is 32.2. The quantitative estimate of drug-likeness (QED) is 0.599. The van der Waals surface area contributed by atoms with E-state index in [4.69, 9.17) is 4.55 Å². The van der Waals surface area contributed by atoms with Crippen molar-refractivity contribution in [3.63, 3.8) is 0 Å². The maximum absolute atomic E-state index is 12.4. The van der Waals surface area contributed by atoms with Crippen LogP contribution in [0.15, 0.2) is 18.3 Å². The van der Waals surface area contributed by atoms with E-state index in [2.05, 4.69) is 9.17 Å². The third-order valence-corrected chi connectivity index (χ3v) is 1.90. The van der Waals surface area contributed by atoms with Crippen LogP contribution >= 0.6 is 0 Å². The Labute approximate surface area is 77.2 Å². The molecule has 0 bridgehead atoms. The van der Waals surface area contributed by atoms with E-state index >= 15 is 0 Å². The molecule has 13 heavy (non-hydrogen) atoms. The van der Waals surface area contributed by atoms with E-state index < -0.39 is 23.4 Å². The second-order valence-electron chi connectivity index (χ2n) is 2.37. The lowest BCUT2D eigenvalue weighted by Crippen LogP contribution is -2.02. The SMILES string of the molecule is CC(OS(=O)O)c1ccc(F)nc1. The molecule has 4 nitrogen and oxygen atoms in total. The molecule has 2 unspecified atom stereocenters. The Morgan fingerprint density at radius 2 is 2.38 bits per heavy atom. The summed E-state index contributed by atoms with van der Waals surface area (Å²) in [5.41, 5.74) is 0.545. The van der Waals surface area contributed by atoms with Crippen LogP contribution in [0.1, 0.15) is 18.6 Å². The summed E-state index contributed by atoms with van der Waals surface area (Å²) in [5.74, 6) is -0.596. The van der Waals surface area contributed by atoms with Crippen LogP contribution in [0, 0.1) is 5.95 Å². The van der Waals surface area contributed by atoms with Gasteiger partial charge in [0.15, 0.2) is 0 Å². The van der Waals surface area contributed by atoms with E-state index in [1.54, 1.807) is 6.92 Å². The standard InChI is InChI=1S/C7H8FNO3S/c1-5(12-13(10)11)6-2-3-7(8)9-4-6/h2-5H,1H3,(H,10,11). The fraction of sp³-hybridized carbons (Fsp3) is 0.286. The molecule has 0 aliphatic rings. The lowest BCUT2D eigenvalue weighted by atomic mass is 10.2. The number of aromatic nitrogens is 1. The maximum Gasteiger partial charge on any atom is 0.302 e. The fourth-order valence-corrected chi connectivity index (χ4v) is 1.16. The molecule has 0 saturated carbocycles. The van der Waals surface area contributed by atoms with Crippen molar-refractivity contribution in [2.24, 2.45) is 0 Å². The number of nitrogens with zero attached hydrogens (tertiary/aromatic N) is 1. The molecule has 0 amide bonds. The van der Waals surface area contributed by atoms with E-state index in [0.29, 0.717) is 5.56 Å². The molecular formula is C7H8FNO3S. The zero-order valence-corrected chi connectivity index (χ0v) is 7.62. The molecule has 1 heterocycles. The Hall–Kier alpha value is -0.850. The number of hydrogen-bond acceptors (Lipinski definition) is 3. The third-order valence-electron chi connectivity index (χ3n) is 1.45. The summed E-state index contributed by atoms with van der Waals surface area (Å²) in [6.45, 7) is 1.57. The van der Waals surface area contributed by atoms with Crippen LogP contribution in [0.3, 0.4) is 0 Å². The highest BCUT2D eigenvalue weighted by molar-refractivity contribution is 7.74. The predicted molar refractivity (Wildman–Crippen MR) is 44.5 cm³/mol. The second-order valence-corrected chi connectivity index (χ2v) is 3.00. The second kappa shape index (κ2) is 4.40. The van der Waals surface area contributed by atoms with E-state index in [1.165, 1.54) is 12.3 Å². The number of hydrogen-bond donors (Lipinski definition) is 1. The van der Waals surface area contributed by atoms with Gasteiger partial charge in [-0.25, -0.2) is 4.98 Å². The topological polar surface area (TPSA) is 59.4 Å². The summed E-state index contributed by atoms with van der Waals surface area (Å²) in [7, 11) is 0. The van der Waals surface area contributed by atoms with Gasteiger partial charge in [-0.2, -0.15) is 8.60 Å². The molecular weight excluding hydrogens is 197 g/mol. The monoisotopic (exact) mass is 205 g/mol. The van der Waals surface area contributed by atoms with Crippen LogP contribution in [-0.2, 0) is 15.5 Å². The highest BCUT2D eigenvalue weighted by Crippen LogP contribution is 2.15. The average Bonchev–Trinajstić information content (AvgIpc) is 2.04. The lowest BCUT2D eigenvalue weighted by molar-refractivity contribution is 0.226. The molecule has 0 spiro atoms. The summed E-state index contributed by atoms with van der Waals surface area (Å²) in [6, 6.07) is 2.61. The average molecular weight is 205 g/mol. The summed E-state index contributed by atoms with van der Waals surface area (Å²) in [5, 5.41) is 0. The maximum atomic E-state index is 12.4. The minimum atomic E-state index is -2.32. The van der Waals surface area contributed by atoms with Crippen molar-refractivity contribution in [3.05, 3.63) is 29.8 Å². The van der Waals surface area contributed by atoms with E-state index in [0.717, 1.165) is 6.07 Å². The van der Waals surface area contributed by atoms with E-state index in [9.17, 15) is 8.60 Å². The van der Waals surface area contributed by atoms with Crippen molar-refractivity contribution >= 4 is 11.4 Å². The van der Waals surface area contributed by atoms with Gasteiger partial charge in [-0.05, 0) is 13.0 Å². The van der Waals surface area contributed by atoms with Crippen molar-refractivity contribution in [2.75, 3.05) is 0 Å². The molecule has 1 aromatic heterocycles. The summed E-state index contributed by atoms with van der Waals surface area (Å²) >= 11 is -2.32. The molecule has 1 N–H and O–H groups in total. The molecule has 0 saturated heterocycles. The first-order valence-corrected chi connectivity index (χ1v) is 4.52. The van der Waals surface area contributed by atoms with Gasteiger partial charge >= 0.3 is 11.4 Å². The van der Waals surface area contributed by atoms with Gasteiger partial charge in [-0.15, -0.1) is 0 Å². The Morgan fingerprint density at radius 1 is 1.69 bits per heavy atom. The van der Waals surface area contributed by atoms with Crippen LogP contribution in [0.4, 0.5) is 4.39 Å². The molecule has 72 valence electrons. The minimum Gasteiger partial charge on any atom is -0.284 e. The van der Waals surface area contributed by atoms with Crippen molar-refractivity contribution in [2.45, 2.75) is 13.0 Å². The van der Waals surface area contributed by atoms with E-state index in [1.807, 2.05) is 0 Å². The van der Waals surface area contributed by atoms with Crippen LogP contribution in [0.2, 0.25) is 0 Å². The van der Waals surface area contributed by atoms with Gasteiger partial charge in [0.25, 0.3) is 0 Å². The molecule has 1 aromatic rings. The smallest absolute Gasteiger partial charge is 0.284 e. The van der Waals surface area contributed by atoms with Crippen molar-refractivity contribution < 1.29 is 17.3 Å². The number of rotatable bonds is 3. The molecule has 2 atom stereocenters. The van der Waals surface area contributed by atoms with Gasteiger partial charge in [0.2, 0.25) is 5.95 Å². The molecule has 0 aromatic carbocycles. The van der Waals surface area contributed by atoms with Crippen LogP contribution in [0.5, 0.6) is 0 Å². The van der Waals surface area contributed by atoms with Gasteiger partial charge in [-0.1, -0.05) is 6.07 Å². The van der Waals surface area contributed by atoms with Gasteiger partial charge in [0, 0.05) is 11.8 Å². The zero-order chi connectivity index (χ0) is 9.84. The highest BCUT2D eigenvalue weighted by Gasteiger charge is 2.09. The number of halogens is 1. The molecule has 0 fully saturated rings. The summed E-state index contributed by atoms with van der Waals surface area (Å²) in [6.07, 6.45) is 0.672. The zero-order valence-electron chi connectivity index (χ0n) is 6.81. The molecule has 0 aliphatic carbocycles. The number of pyridine rings is 1. The third kappa shape index (κ3) is 3.17. The van der Waals surface area contributed by atoms with Crippen molar-refractivity contribution in [1.82, 2.24) is 4.98 Å². The van der Waals surface area contributed by atoms with E-state index in [-0.39, 0.29) is 0 Å². The van der Waals surface area contributed by atoms with Crippen LogP contribution in [0.25, 0.3) is 0 Å². The molecule has 1 rings (SSSR count). The Kier molecular flexibility index (Phi) is 3.47. The largest absolute Gasteiger partial charge is 0.302 e. The van der Waals surface area contributed by atoms with Gasteiger partial charge < -0.3 is 0 Å². The lowest BCUT2D eigenvalue weighted by Gasteiger charge is -2.08. The van der Waals surface area contributed by atoms with Gasteiger partial charge in [0.05, 0.1) is 0 Å². The van der Waals surface area contributed by atoms with Crippen LogP contribution < -0.4 is 0 Å². The first kappa shape index (κ1) is 10.2. The van der Waals surface area contributed by atoms with Crippen molar-refractivity contribution in [3.8, 4) is 0 Å². The fourth-order valence-electron chi connectivity index (χ4n) is 0.807. The van der Waals surface area contributed by atoms with Crippen molar-refractivity contribution in [1.29, 1.82) is 0 Å². The minimum absolute atomic E-state index is 0.545. The first-order valence-electron chi connectivity index (χ1n) is 3.49. The Balaban J connectivity index is 2.71. The summed E-state index contributed by atoms with van der Waals surface area (Å²) < 4.78 is 35.5. The van der Waals surface area contributed by atoms with Gasteiger partial charge in [0.1, 0.15) is 6.10 Å². The summed E-state index contributed by atoms with van der Waals surface area (Å²) in [4.78, 5) is 3.38. The molecule has 0 radical (unpaired) electrons. The Bertz CT molecular complexity index is 303. The molecule has 0 aliphatic heterocycles. The predicted octanol–water partition coefficient (Wildman–Crippen LogP) is 1.44.